The molecule has 5 heteroatoms. The van der Waals surface area contributed by atoms with Crippen LogP contribution in [-0.2, 0) is 0 Å². The Morgan fingerprint density at radius 2 is 1.61 bits per heavy atom. The van der Waals surface area contributed by atoms with Crippen molar-refractivity contribution in [3.63, 3.8) is 0 Å². The second-order valence-electron chi connectivity index (χ2n) is 5.91. The highest BCUT2D eigenvalue weighted by molar-refractivity contribution is 5.97. The summed E-state index contributed by atoms with van der Waals surface area (Å²) in [5.41, 5.74) is 1.26. The van der Waals surface area contributed by atoms with E-state index in [-0.39, 0.29) is 11.8 Å². The number of benzene rings is 1. The van der Waals surface area contributed by atoms with E-state index in [1.165, 1.54) is 0 Å². The number of nitrogens with zero attached hydrogens (tertiary/aromatic N) is 2. The first-order chi connectivity index (χ1) is 11.2. The molecule has 1 aromatic rings. The molecule has 0 unspecified atom stereocenters. The fourth-order valence-corrected chi connectivity index (χ4v) is 2.69. The van der Waals surface area contributed by atoms with Crippen LogP contribution in [0.5, 0.6) is 0 Å². The Balaban J connectivity index is 1.91. The lowest BCUT2D eigenvalue weighted by Crippen LogP contribution is -2.48. The standard InChI is InChI=1S/C18H27N3O2/c1-3-5-10-19-17(22)15-6-8-16(9-7-15)18(23)21-13-11-20(4-2)12-14-21/h6-9H,3-5,10-14H2,1-2H3,(H,19,22). The summed E-state index contributed by atoms with van der Waals surface area (Å²) >= 11 is 0. The van der Waals surface area contributed by atoms with Gasteiger partial charge in [0.15, 0.2) is 0 Å². The Morgan fingerprint density at radius 3 is 2.17 bits per heavy atom. The Morgan fingerprint density at radius 1 is 1.00 bits per heavy atom. The van der Waals surface area contributed by atoms with E-state index in [1.807, 2.05) is 4.90 Å². The van der Waals surface area contributed by atoms with Crippen LogP contribution in [0.4, 0.5) is 0 Å². The van der Waals surface area contributed by atoms with Crippen molar-refractivity contribution in [3.8, 4) is 0 Å². The van der Waals surface area contributed by atoms with Gasteiger partial charge in [0.05, 0.1) is 0 Å². The van der Waals surface area contributed by atoms with Gasteiger partial charge in [-0.25, -0.2) is 0 Å². The summed E-state index contributed by atoms with van der Waals surface area (Å²) < 4.78 is 0. The van der Waals surface area contributed by atoms with Crippen molar-refractivity contribution >= 4 is 11.8 Å². The number of piperazine rings is 1. The quantitative estimate of drug-likeness (QED) is 0.817. The number of nitrogens with one attached hydrogen (secondary N) is 1. The van der Waals surface area contributed by atoms with Crippen molar-refractivity contribution in [3.05, 3.63) is 35.4 Å². The Labute approximate surface area is 138 Å². The second kappa shape index (κ2) is 8.67. The predicted molar refractivity (Wildman–Crippen MR) is 91.7 cm³/mol. The number of hydrogen-bond donors (Lipinski definition) is 1. The Hall–Kier alpha value is -1.88. The van der Waals surface area contributed by atoms with Gasteiger partial charge in [0, 0.05) is 43.9 Å². The summed E-state index contributed by atoms with van der Waals surface area (Å²) in [6.45, 7) is 9.36. The summed E-state index contributed by atoms with van der Waals surface area (Å²) in [4.78, 5) is 28.7. The van der Waals surface area contributed by atoms with Gasteiger partial charge < -0.3 is 15.1 Å². The molecule has 0 spiro atoms. The van der Waals surface area contributed by atoms with Gasteiger partial charge in [-0.3, -0.25) is 9.59 Å². The number of amides is 2. The van der Waals surface area contributed by atoms with E-state index < -0.39 is 0 Å². The lowest BCUT2D eigenvalue weighted by Gasteiger charge is -2.34. The molecule has 0 saturated carbocycles. The van der Waals surface area contributed by atoms with Gasteiger partial charge in [0.1, 0.15) is 0 Å². The minimum Gasteiger partial charge on any atom is -0.352 e. The maximum atomic E-state index is 12.5. The van der Waals surface area contributed by atoms with Gasteiger partial charge in [-0.2, -0.15) is 0 Å². The summed E-state index contributed by atoms with van der Waals surface area (Å²) in [5, 5.41) is 2.88. The largest absolute Gasteiger partial charge is 0.352 e. The van der Waals surface area contributed by atoms with E-state index in [4.69, 9.17) is 0 Å². The van der Waals surface area contributed by atoms with Gasteiger partial charge in [-0.1, -0.05) is 20.3 Å². The first kappa shape index (κ1) is 17.5. The molecule has 0 aliphatic carbocycles. The van der Waals surface area contributed by atoms with E-state index in [0.717, 1.165) is 45.6 Å². The highest BCUT2D eigenvalue weighted by atomic mass is 16.2. The fourth-order valence-electron chi connectivity index (χ4n) is 2.69. The van der Waals surface area contributed by atoms with Crippen molar-refractivity contribution in [1.29, 1.82) is 0 Å². The van der Waals surface area contributed by atoms with Crippen LogP contribution in [0.2, 0.25) is 0 Å². The van der Waals surface area contributed by atoms with E-state index >= 15 is 0 Å². The number of carbonyl (C=O) groups excluding carboxylic acids is 2. The SMILES string of the molecule is CCCCNC(=O)c1ccc(C(=O)N2CCN(CC)CC2)cc1. The lowest BCUT2D eigenvalue weighted by molar-refractivity contribution is 0.0643. The molecule has 0 atom stereocenters. The molecule has 5 nitrogen and oxygen atoms in total. The van der Waals surface area contributed by atoms with Gasteiger partial charge >= 0.3 is 0 Å². The second-order valence-corrected chi connectivity index (χ2v) is 5.91. The van der Waals surface area contributed by atoms with E-state index in [1.54, 1.807) is 24.3 Å². The zero-order valence-corrected chi connectivity index (χ0v) is 14.2. The number of unbranched alkanes of at least 4 members (excludes halogenated alkanes) is 1. The highest BCUT2D eigenvalue weighted by Gasteiger charge is 2.21. The fraction of sp³-hybridized carbons (Fsp3) is 0.556. The van der Waals surface area contributed by atoms with Crippen molar-refractivity contribution in [2.75, 3.05) is 39.3 Å². The third-order valence-corrected chi connectivity index (χ3v) is 4.32. The third-order valence-electron chi connectivity index (χ3n) is 4.32. The minimum absolute atomic E-state index is 0.0543. The summed E-state index contributed by atoms with van der Waals surface area (Å²) in [5.74, 6) is -0.0206. The molecule has 2 amide bonds. The van der Waals surface area contributed by atoms with E-state index in [2.05, 4.69) is 24.1 Å². The molecule has 1 saturated heterocycles. The van der Waals surface area contributed by atoms with Gasteiger partial charge in [-0.05, 0) is 37.2 Å². The van der Waals surface area contributed by atoms with Gasteiger partial charge in [0.2, 0.25) is 0 Å². The van der Waals surface area contributed by atoms with Crippen LogP contribution in [0, 0.1) is 0 Å². The summed E-state index contributed by atoms with van der Waals surface area (Å²) in [6.07, 6.45) is 2.03. The van der Waals surface area contributed by atoms with Gasteiger partial charge in [0.25, 0.3) is 11.8 Å². The molecule has 1 aromatic carbocycles. The molecule has 1 fully saturated rings. The number of likely N-dealkylation sites (N-methyl/N-ethyl adjacent to an activating group) is 1. The molecule has 126 valence electrons. The van der Waals surface area contributed by atoms with Crippen LogP contribution >= 0.6 is 0 Å². The molecular weight excluding hydrogens is 290 g/mol. The predicted octanol–water partition coefficient (Wildman–Crippen LogP) is 1.99. The summed E-state index contributed by atoms with van der Waals surface area (Å²) in [7, 11) is 0. The number of rotatable bonds is 6. The van der Waals surface area contributed by atoms with Crippen LogP contribution < -0.4 is 5.32 Å². The van der Waals surface area contributed by atoms with Crippen molar-refractivity contribution < 1.29 is 9.59 Å². The van der Waals surface area contributed by atoms with Crippen LogP contribution in [0.25, 0.3) is 0 Å². The minimum atomic E-state index is -0.0750. The Kier molecular flexibility index (Phi) is 6.59. The molecule has 0 radical (unpaired) electrons. The van der Waals surface area contributed by atoms with Crippen LogP contribution in [0.15, 0.2) is 24.3 Å². The Bertz CT molecular complexity index is 520. The molecule has 1 heterocycles. The first-order valence-electron chi connectivity index (χ1n) is 8.55. The molecule has 1 aliphatic heterocycles. The number of hydrogen-bond acceptors (Lipinski definition) is 3. The van der Waals surface area contributed by atoms with Crippen molar-refractivity contribution in [1.82, 2.24) is 15.1 Å². The van der Waals surface area contributed by atoms with Crippen LogP contribution in [0.1, 0.15) is 47.4 Å². The maximum Gasteiger partial charge on any atom is 0.253 e. The average molecular weight is 317 g/mol. The van der Waals surface area contributed by atoms with Crippen LogP contribution in [-0.4, -0.2) is 60.9 Å². The molecular formula is C18H27N3O2. The number of carbonyl (C=O) groups is 2. The summed E-state index contributed by atoms with van der Waals surface area (Å²) in [6, 6.07) is 6.97. The van der Waals surface area contributed by atoms with E-state index in [0.29, 0.717) is 17.7 Å². The molecule has 23 heavy (non-hydrogen) atoms. The molecule has 1 N–H and O–H groups in total. The first-order valence-corrected chi connectivity index (χ1v) is 8.55. The molecule has 1 aliphatic rings. The monoisotopic (exact) mass is 317 g/mol. The molecule has 0 bridgehead atoms. The zero-order valence-electron chi connectivity index (χ0n) is 14.2. The topological polar surface area (TPSA) is 52.7 Å². The third kappa shape index (κ3) is 4.79. The lowest BCUT2D eigenvalue weighted by atomic mass is 10.1. The maximum absolute atomic E-state index is 12.5. The van der Waals surface area contributed by atoms with E-state index in [9.17, 15) is 9.59 Å². The average Bonchev–Trinajstić information content (AvgIpc) is 2.61. The highest BCUT2D eigenvalue weighted by Crippen LogP contribution is 2.10. The zero-order chi connectivity index (χ0) is 16.7. The van der Waals surface area contributed by atoms with Crippen LogP contribution in [0.3, 0.4) is 0 Å². The van der Waals surface area contributed by atoms with Crippen molar-refractivity contribution in [2.24, 2.45) is 0 Å². The molecule has 0 aromatic heterocycles. The smallest absolute Gasteiger partial charge is 0.253 e. The van der Waals surface area contributed by atoms with Gasteiger partial charge in [-0.15, -0.1) is 0 Å². The molecule has 2 rings (SSSR count). The van der Waals surface area contributed by atoms with Crippen molar-refractivity contribution in [2.45, 2.75) is 26.7 Å². The normalized spacial score (nSPS) is 15.5.